The summed E-state index contributed by atoms with van der Waals surface area (Å²) in [7, 11) is 3.17. The molecule has 1 atom stereocenters. The molecule has 0 amide bonds. The second-order valence-electron chi connectivity index (χ2n) is 4.33. The van der Waals surface area contributed by atoms with E-state index in [2.05, 4.69) is 5.32 Å². The number of nitrogens with one attached hydrogen (secondary N) is 1. The number of ether oxygens (including phenoxy) is 2. The van der Waals surface area contributed by atoms with Crippen molar-refractivity contribution in [2.75, 3.05) is 19.5 Å². The van der Waals surface area contributed by atoms with Crippen LogP contribution in [0.3, 0.4) is 0 Å². The van der Waals surface area contributed by atoms with Crippen LogP contribution in [0.15, 0.2) is 18.2 Å². The largest absolute Gasteiger partial charge is 0.497 e. The maximum Gasteiger partial charge on any atom is 0.305 e. The molecule has 19 heavy (non-hydrogen) atoms. The summed E-state index contributed by atoms with van der Waals surface area (Å²) in [6.07, 6.45) is 1.81. The average molecular weight is 267 g/mol. The van der Waals surface area contributed by atoms with Gasteiger partial charge in [-0.2, -0.15) is 0 Å². The van der Waals surface area contributed by atoms with Gasteiger partial charge >= 0.3 is 5.97 Å². The first-order valence-corrected chi connectivity index (χ1v) is 6.30. The Morgan fingerprint density at radius 3 is 2.26 bits per heavy atom. The van der Waals surface area contributed by atoms with Crippen LogP contribution in [0, 0.1) is 0 Å². The van der Waals surface area contributed by atoms with Gasteiger partial charge in [0.15, 0.2) is 0 Å². The Hall–Kier alpha value is -1.91. The minimum absolute atomic E-state index is 0.0906. The monoisotopic (exact) mass is 267 g/mol. The number of hydrogen-bond acceptors (Lipinski definition) is 4. The summed E-state index contributed by atoms with van der Waals surface area (Å²) in [5.41, 5.74) is 0.802. The number of aliphatic carboxylic acids is 1. The average Bonchev–Trinajstić information content (AvgIpc) is 2.37. The van der Waals surface area contributed by atoms with Gasteiger partial charge in [-0.15, -0.1) is 0 Å². The van der Waals surface area contributed by atoms with Crippen molar-refractivity contribution in [3.8, 4) is 11.5 Å². The fourth-order valence-electron chi connectivity index (χ4n) is 1.91. The Kier molecular flexibility index (Phi) is 5.99. The van der Waals surface area contributed by atoms with E-state index in [-0.39, 0.29) is 12.5 Å². The number of anilines is 1. The van der Waals surface area contributed by atoms with E-state index in [9.17, 15) is 4.79 Å². The lowest BCUT2D eigenvalue weighted by molar-refractivity contribution is -0.137. The van der Waals surface area contributed by atoms with Gasteiger partial charge in [0.05, 0.1) is 20.6 Å². The van der Waals surface area contributed by atoms with Crippen LogP contribution in [0.25, 0.3) is 0 Å². The van der Waals surface area contributed by atoms with Crippen LogP contribution in [0.4, 0.5) is 5.69 Å². The van der Waals surface area contributed by atoms with Crippen molar-refractivity contribution in [1.82, 2.24) is 0 Å². The number of carboxylic acids is 1. The molecule has 5 nitrogen and oxygen atoms in total. The zero-order valence-corrected chi connectivity index (χ0v) is 11.6. The molecule has 106 valence electrons. The second-order valence-corrected chi connectivity index (χ2v) is 4.33. The molecule has 0 saturated heterocycles. The topological polar surface area (TPSA) is 67.8 Å². The number of carboxylic acid groups (broad SMARTS) is 1. The molecule has 0 aliphatic rings. The molecule has 0 spiro atoms. The highest BCUT2D eigenvalue weighted by molar-refractivity contribution is 5.68. The predicted octanol–water partition coefficient (Wildman–Crippen LogP) is 2.76. The third-order valence-electron chi connectivity index (χ3n) is 2.78. The van der Waals surface area contributed by atoms with E-state index < -0.39 is 5.97 Å². The van der Waals surface area contributed by atoms with Gasteiger partial charge in [0, 0.05) is 29.9 Å². The molecular formula is C14H21NO4. The fraction of sp³-hybridized carbons (Fsp3) is 0.500. The molecular weight excluding hydrogens is 246 g/mol. The van der Waals surface area contributed by atoms with Gasteiger partial charge < -0.3 is 19.9 Å². The van der Waals surface area contributed by atoms with Crippen LogP contribution < -0.4 is 14.8 Å². The number of benzene rings is 1. The Morgan fingerprint density at radius 2 is 1.84 bits per heavy atom. The molecule has 1 aromatic carbocycles. The molecule has 0 bridgehead atoms. The van der Waals surface area contributed by atoms with Gasteiger partial charge in [-0.1, -0.05) is 13.3 Å². The van der Waals surface area contributed by atoms with Gasteiger partial charge in [-0.05, 0) is 6.42 Å². The smallest absolute Gasteiger partial charge is 0.305 e. The van der Waals surface area contributed by atoms with E-state index in [0.717, 1.165) is 18.5 Å². The van der Waals surface area contributed by atoms with E-state index >= 15 is 0 Å². The van der Waals surface area contributed by atoms with Crippen molar-refractivity contribution in [3.63, 3.8) is 0 Å². The van der Waals surface area contributed by atoms with Crippen LogP contribution >= 0.6 is 0 Å². The van der Waals surface area contributed by atoms with E-state index in [1.807, 2.05) is 19.1 Å². The first kappa shape index (κ1) is 15.1. The maximum atomic E-state index is 10.8. The summed E-state index contributed by atoms with van der Waals surface area (Å²) in [6, 6.07) is 5.33. The number of methoxy groups -OCH3 is 2. The first-order chi connectivity index (χ1) is 9.08. The van der Waals surface area contributed by atoms with Crippen molar-refractivity contribution in [1.29, 1.82) is 0 Å². The highest BCUT2D eigenvalue weighted by Crippen LogP contribution is 2.26. The van der Waals surface area contributed by atoms with E-state index in [1.165, 1.54) is 0 Å². The van der Waals surface area contributed by atoms with Gasteiger partial charge in [0.1, 0.15) is 11.5 Å². The van der Waals surface area contributed by atoms with Crippen molar-refractivity contribution in [2.45, 2.75) is 32.2 Å². The van der Waals surface area contributed by atoms with Gasteiger partial charge in [-0.3, -0.25) is 4.79 Å². The van der Waals surface area contributed by atoms with Crippen LogP contribution in [0.2, 0.25) is 0 Å². The van der Waals surface area contributed by atoms with Crippen molar-refractivity contribution in [2.24, 2.45) is 0 Å². The molecule has 1 aromatic rings. The molecule has 2 N–H and O–H groups in total. The highest BCUT2D eigenvalue weighted by Gasteiger charge is 2.13. The molecule has 0 fully saturated rings. The molecule has 0 aliphatic heterocycles. The summed E-state index contributed by atoms with van der Waals surface area (Å²) in [4.78, 5) is 10.8. The normalized spacial score (nSPS) is 11.7. The lowest BCUT2D eigenvalue weighted by atomic mass is 10.1. The Morgan fingerprint density at radius 1 is 1.26 bits per heavy atom. The number of hydrogen-bond donors (Lipinski definition) is 2. The standard InChI is InChI=1S/C14H21NO4/c1-4-5-10(8-14(16)17)15-11-6-12(18-2)9-13(7-11)19-3/h6-7,9-10,15H,4-5,8H2,1-3H3,(H,16,17). The summed E-state index contributed by atoms with van der Waals surface area (Å²) >= 11 is 0. The zero-order chi connectivity index (χ0) is 14.3. The molecule has 5 heteroatoms. The summed E-state index contributed by atoms with van der Waals surface area (Å²) in [5, 5.41) is 12.1. The SMILES string of the molecule is CCCC(CC(=O)O)Nc1cc(OC)cc(OC)c1. The first-order valence-electron chi connectivity index (χ1n) is 6.30. The quantitative estimate of drug-likeness (QED) is 0.758. The van der Waals surface area contributed by atoms with E-state index in [0.29, 0.717) is 11.5 Å². The highest BCUT2D eigenvalue weighted by atomic mass is 16.5. The minimum Gasteiger partial charge on any atom is -0.497 e. The van der Waals surface area contributed by atoms with Crippen LogP contribution in [-0.2, 0) is 4.79 Å². The Bertz CT molecular complexity index is 398. The molecule has 0 radical (unpaired) electrons. The van der Waals surface area contributed by atoms with E-state index in [4.69, 9.17) is 14.6 Å². The third-order valence-corrected chi connectivity index (χ3v) is 2.78. The van der Waals surface area contributed by atoms with Crippen LogP contribution in [-0.4, -0.2) is 31.3 Å². The van der Waals surface area contributed by atoms with Crippen molar-refractivity contribution < 1.29 is 19.4 Å². The Labute approximate surface area is 113 Å². The second kappa shape index (κ2) is 7.51. The minimum atomic E-state index is -0.805. The number of carbonyl (C=O) groups is 1. The zero-order valence-electron chi connectivity index (χ0n) is 11.6. The third kappa shape index (κ3) is 5.07. The van der Waals surface area contributed by atoms with Crippen LogP contribution in [0.5, 0.6) is 11.5 Å². The summed E-state index contributed by atoms with van der Waals surface area (Å²) < 4.78 is 10.4. The molecule has 1 unspecified atom stereocenters. The fourth-order valence-corrected chi connectivity index (χ4v) is 1.91. The molecule has 0 heterocycles. The van der Waals surface area contributed by atoms with Crippen molar-refractivity contribution >= 4 is 11.7 Å². The lowest BCUT2D eigenvalue weighted by Gasteiger charge is -2.18. The van der Waals surface area contributed by atoms with Crippen LogP contribution in [0.1, 0.15) is 26.2 Å². The molecule has 0 aliphatic carbocycles. The maximum absolute atomic E-state index is 10.8. The molecule has 0 aromatic heterocycles. The van der Waals surface area contributed by atoms with Gasteiger partial charge in [0.2, 0.25) is 0 Å². The van der Waals surface area contributed by atoms with Gasteiger partial charge in [-0.25, -0.2) is 0 Å². The van der Waals surface area contributed by atoms with Gasteiger partial charge in [0.25, 0.3) is 0 Å². The predicted molar refractivity (Wildman–Crippen MR) is 74.1 cm³/mol. The Balaban J connectivity index is 2.84. The summed E-state index contributed by atoms with van der Waals surface area (Å²) in [6.45, 7) is 2.03. The van der Waals surface area contributed by atoms with E-state index in [1.54, 1.807) is 20.3 Å². The molecule has 1 rings (SSSR count). The molecule has 0 saturated carbocycles. The van der Waals surface area contributed by atoms with Crippen molar-refractivity contribution in [3.05, 3.63) is 18.2 Å². The summed E-state index contributed by atoms with van der Waals surface area (Å²) in [5.74, 6) is 0.542. The lowest BCUT2D eigenvalue weighted by Crippen LogP contribution is -2.22. The number of rotatable bonds is 8.